The lowest BCUT2D eigenvalue weighted by Crippen LogP contribution is -2.69. The van der Waals surface area contributed by atoms with E-state index in [0.29, 0.717) is 0 Å². The zero-order chi connectivity index (χ0) is 69.0. The molecule has 99 heavy (non-hydrogen) atoms. The third kappa shape index (κ3) is 19.7. The second-order valence-corrected chi connectivity index (χ2v) is 24.8. The Hall–Kier alpha value is -7.69. The third-order valence-electron chi connectivity index (χ3n) is 17.5. The number of benzene rings is 7. The minimum atomic E-state index is -1.81. The average Bonchev–Trinajstić information content (AvgIpc) is 0.765. The van der Waals surface area contributed by atoms with E-state index < -0.39 is 147 Å². The molecule has 7 aromatic rings. The maximum atomic E-state index is 15.2. The van der Waals surface area contributed by atoms with Gasteiger partial charge in [-0.05, 0) is 59.4 Å². The number of amides is 1. The van der Waals surface area contributed by atoms with Gasteiger partial charge in [0.15, 0.2) is 37.4 Å². The highest BCUT2D eigenvalue weighted by Crippen LogP contribution is 2.40. The van der Waals surface area contributed by atoms with Gasteiger partial charge in [0.25, 0.3) is 0 Å². The van der Waals surface area contributed by atoms with Gasteiger partial charge in [-0.25, -0.2) is 4.79 Å². The molecule has 4 aliphatic rings. The second kappa shape index (κ2) is 36.1. The lowest BCUT2D eigenvalue weighted by Gasteiger charge is -2.51. The zero-order valence-corrected chi connectivity index (χ0v) is 55.6. The van der Waals surface area contributed by atoms with Crippen LogP contribution in [0.3, 0.4) is 0 Å². The van der Waals surface area contributed by atoms with Gasteiger partial charge in [0.2, 0.25) is 5.91 Å². The van der Waals surface area contributed by atoms with Gasteiger partial charge in [-0.1, -0.05) is 200 Å². The van der Waals surface area contributed by atoms with Crippen LogP contribution in [0.25, 0.3) is 0 Å². The van der Waals surface area contributed by atoms with Gasteiger partial charge in [0.05, 0.1) is 70.6 Å². The zero-order valence-electron chi connectivity index (χ0n) is 55.6. The Labute approximate surface area is 576 Å². The summed E-state index contributed by atoms with van der Waals surface area (Å²) >= 11 is 0. The lowest BCUT2D eigenvalue weighted by atomic mass is 9.94. The smallest absolute Gasteiger partial charge is 0.338 e. The molecule has 22 nitrogen and oxygen atoms in total. The molecular formula is C77H87NO21. The lowest BCUT2D eigenvalue weighted by molar-refractivity contribution is -0.390. The summed E-state index contributed by atoms with van der Waals surface area (Å²) < 4.78 is 103. The van der Waals surface area contributed by atoms with Crippen molar-refractivity contribution < 1.29 is 101 Å². The summed E-state index contributed by atoms with van der Waals surface area (Å²) in [5, 5.41) is 36.1. The Balaban J connectivity index is 1.04. The number of rotatable bonds is 30. The van der Waals surface area contributed by atoms with E-state index in [1.807, 2.05) is 182 Å². The number of carbonyl (C=O) groups excluding carboxylic acids is 3. The molecule has 7 aromatic carbocycles. The maximum Gasteiger partial charge on any atom is 0.338 e. The number of esters is 2. The molecule has 4 saturated heterocycles. The van der Waals surface area contributed by atoms with E-state index in [1.165, 1.54) is 6.92 Å². The standard InChI is InChI=1S/C77H87NO21/c1-48-63(86-42-53-28-14-6-15-29-53)68(71(93-51(4)81)76(91-48)97-66-61(78-50(3)80)74(84)94-59(40-79)62(66)82)99-77-72(96-73(83)58-38-24-11-25-39-58)69(64(49(2)92-77)87-43-54-30-16-7-17-31-54)98-75-70(90-46-57-36-22-10-23-37-57)67(89-45-56-34-20-9-21-35-56)65(88-44-55-32-18-8-19-33-55)60(95-75)47-85-41-52-26-12-5-13-27-52/h5-39,48-49,59-72,74-77,79,82,84H,40-47H2,1-4H3,(H,78,80)/t48-,49-,59+,60+,61+,62+,63-,64-,65+,66+,67-,68+,69+,70+,71+,72+,74+,75+,76-,77-/m0/s1. The molecule has 1 amide bonds. The molecule has 11 rings (SSSR count). The van der Waals surface area contributed by atoms with Crippen LogP contribution in [0.5, 0.6) is 0 Å². The molecule has 0 saturated carbocycles. The fourth-order valence-corrected chi connectivity index (χ4v) is 12.6. The van der Waals surface area contributed by atoms with E-state index in [4.69, 9.17) is 71.1 Å². The Kier molecular flexibility index (Phi) is 26.4. The quantitative estimate of drug-likeness (QED) is 0.0309. The largest absolute Gasteiger partial charge is 0.454 e. The van der Waals surface area contributed by atoms with Crippen LogP contribution in [0.1, 0.15) is 71.4 Å². The number of hydrogen-bond donors (Lipinski definition) is 4. The van der Waals surface area contributed by atoms with Crippen LogP contribution >= 0.6 is 0 Å². The van der Waals surface area contributed by atoms with Crippen molar-refractivity contribution >= 4 is 17.8 Å². The summed E-state index contributed by atoms with van der Waals surface area (Å²) in [6.07, 6.45) is -25.9. The van der Waals surface area contributed by atoms with Crippen LogP contribution in [-0.2, 0) is 120 Å². The van der Waals surface area contributed by atoms with E-state index in [1.54, 1.807) is 44.2 Å². The van der Waals surface area contributed by atoms with Crippen molar-refractivity contribution in [3.05, 3.63) is 251 Å². The van der Waals surface area contributed by atoms with E-state index in [-0.39, 0.29) is 51.8 Å². The molecule has 4 aliphatic heterocycles. The predicted molar refractivity (Wildman–Crippen MR) is 356 cm³/mol. The summed E-state index contributed by atoms with van der Waals surface area (Å²) in [5.74, 6) is -2.28. The summed E-state index contributed by atoms with van der Waals surface area (Å²) in [6, 6.07) is 64.4. The van der Waals surface area contributed by atoms with Crippen LogP contribution in [0.2, 0.25) is 0 Å². The molecule has 4 heterocycles. The van der Waals surface area contributed by atoms with E-state index >= 15 is 4.79 Å². The minimum Gasteiger partial charge on any atom is -0.454 e. The minimum absolute atomic E-state index is 0.0152. The molecule has 22 heteroatoms. The Morgan fingerprint density at radius 1 is 0.394 bits per heavy atom. The van der Waals surface area contributed by atoms with Crippen molar-refractivity contribution in [2.45, 2.75) is 190 Å². The molecule has 0 unspecified atom stereocenters. The molecule has 0 aromatic heterocycles. The first-order valence-corrected chi connectivity index (χ1v) is 33.4. The van der Waals surface area contributed by atoms with Crippen LogP contribution in [-0.4, -0.2) is 169 Å². The number of ether oxygens (including phenoxy) is 15. The summed E-state index contributed by atoms with van der Waals surface area (Å²) in [7, 11) is 0. The first kappa shape index (κ1) is 72.6. The molecule has 0 aliphatic carbocycles. The Morgan fingerprint density at radius 2 is 0.758 bits per heavy atom. The molecule has 526 valence electrons. The maximum absolute atomic E-state index is 15.2. The highest BCUT2D eigenvalue weighted by atomic mass is 16.8. The van der Waals surface area contributed by atoms with Gasteiger partial charge in [-0.15, -0.1) is 0 Å². The van der Waals surface area contributed by atoms with Crippen molar-refractivity contribution in [3.8, 4) is 0 Å². The van der Waals surface area contributed by atoms with Crippen LogP contribution in [0.4, 0.5) is 0 Å². The fraction of sp³-hybridized carbons (Fsp3) is 0.416. The van der Waals surface area contributed by atoms with Crippen molar-refractivity contribution in [3.63, 3.8) is 0 Å². The number of aliphatic hydroxyl groups excluding tert-OH is 3. The highest BCUT2D eigenvalue weighted by Gasteiger charge is 2.59. The van der Waals surface area contributed by atoms with Gasteiger partial charge >= 0.3 is 11.9 Å². The van der Waals surface area contributed by atoms with Gasteiger partial charge in [0, 0.05) is 13.8 Å². The van der Waals surface area contributed by atoms with Gasteiger partial charge in [-0.2, -0.15) is 0 Å². The van der Waals surface area contributed by atoms with Gasteiger partial charge in [-0.3, -0.25) is 9.59 Å². The van der Waals surface area contributed by atoms with Crippen molar-refractivity contribution in [2.24, 2.45) is 0 Å². The summed E-state index contributed by atoms with van der Waals surface area (Å²) in [4.78, 5) is 41.6. The Bertz CT molecular complexity index is 3540. The van der Waals surface area contributed by atoms with Crippen molar-refractivity contribution in [1.29, 1.82) is 0 Å². The second-order valence-electron chi connectivity index (χ2n) is 24.8. The van der Waals surface area contributed by atoms with Gasteiger partial charge < -0.3 is 91.7 Å². The molecule has 0 spiro atoms. The fourth-order valence-electron chi connectivity index (χ4n) is 12.6. The first-order valence-electron chi connectivity index (χ1n) is 33.4. The third-order valence-corrected chi connectivity index (χ3v) is 17.5. The molecule has 4 fully saturated rings. The predicted octanol–water partition coefficient (Wildman–Crippen LogP) is 8.23. The monoisotopic (exact) mass is 1360 g/mol. The highest BCUT2D eigenvalue weighted by molar-refractivity contribution is 5.89. The SMILES string of the molecule is CC(=O)N[C@@H]1[C@@H](O[C@@H]2O[C@@H](C)[C@H](OCc3ccccc3)[C@@H](O[C@@H]3O[C@@H](C)[C@H](OCc4ccccc4)[C@@H](O[C@H]4O[C@H](COCc5ccccc5)[C@@H](OCc5ccccc5)[C@H](OCc5ccccc5)[C@H]4OCc4ccccc4)[C@H]3OC(=O)c3ccccc3)[C@H]2OC(C)=O)[C@H](O)[C@@H](CO)O[C@H]1O. The number of nitrogens with one attached hydrogen (secondary N) is 1. The summed E-state index contributed by atoms with van der Waals surface area (Å²) in [6.45, 7) is 5.48. The van der Waals surface area contributed by atoms with E-state index in [9.17, 15) is 24.9 Å². The number of hydrogen-bond acceptors (Lipinski definition) is 21. The molecular weight excluding hydrogens is 1270 g/mol. The van der Waals surface area contributed by atoms with Gasteiger partial charge in [0.1, 0.15) is 73.2 Å². The number of carbonyl (C=O) groups is 3. The van der Waals surface area contributed by atoms with E-state index in [0.717, 1.165) is 40.3 Å². The average molecular weight is 1360 g/mol. The molecule has 4 N–H and O–H groups in total. The van der Waals surface area contributed by atoms with Crippen molar-refractivity contribution in [1.82, 2.24) is 5.32 Å². The van der Waals surface area contributed by atoms with E-state index in [2.05, 4.69) is 5.32 Å². The van der Waals surface area contributed by atoms with Crippen LogP contribution in [0.15, 0.2) is 212 Å². The normalized spacial score (nSPS) is 30.0. The molecule has 0 radical (unpaired) electrons. The summed E-state index contributed by atoms with van der Waals surface area (Å²) in [5.41, 5.74) is 5.17. The van der Waals surface area contributed by atoms with Crippen LogP contribution in [0, 0.1) is 0 Å². The topological polar surface area (TPSA) is 262 Å². The van der Waals surface area contributed by atoms with Crippen LogP contribution < -0.4 is 5.32 Å². The van der Waals surface area contributed by atoms with Crippen molar-refractivity contribution in [2.75, 3.05) is 13.2 Å². The Morgan fingerprint density at radius 3 is 1.17 bits per heavy atom. The first-order chi connectivity index (χ1) is 48.3. The molecule has 0 bridgehead atoms. The molecule has 20 atom stereocenters. The number of aliphatic hydroxyl groups is 3.